The van der Waals surface area contributed by atoms with E-state index in [4.69, 9.17) is 5.11 Å². The number of benzene rings is 1. The van der Waals surface area contributed by atoms with Crippen LogP contribution in [0.15, 0.2) is 30.7 Å². The van der Waals surface area contributed by atoms with E-state index in [2.05, 4.69) is 10.3 Å². The lowest BCUT2D eigenvalue weighted by atomic mass is 10.1. The van der Waals surface area contributed by atoms with Crippen molar-refractivity contribution in [2.24, 2.45) is 0 Å². The van der Waals surface area contributed by atoms with Gasteiger partial charge in [-0.1, -0.05) is 6.07 Å². The maximum absolute atomic E-state index is 10.8. The van der Waals surface area contributed by atoms with E-state index in [1.165, 1.54) is 18.6 Å². The lowest BCUT2D eigenvalue weighted by molar-refractivity contribution is -0.385. The summed E-state index contributed by atoms with van der Waals surface area (Å²) in [6.07, 6.45) is 2.87. The number of hydrogen-bond acceptors (Lipinski definition) is 5. The minimum absolute atomic E-state index is 0.0125. The molecule has 2 aromatic rings. The van der Waals surface area contributed by atoms with Crippen LogP contribution in [-0.2, 0) is 6.54 Å². The van der Waals surface area contributed by atoms with Crippen molar-refractivity contribution in [3.05, 3.63) is 52.1 Å². The summed E-state index contributed by atoms with van der Waals surface area (Å²) in [5.41, 5.74) is 1.31. The lowest BCUT2D eigenvalue weighted by Gasteiger charge is -2.09. The third-order valence-electron chi connectivity index (χ3n) is 3.04. The molecule has 0 bridgehead atoms. The summed E-state index contributed by atoms with van der Waals surface area (Å²) in [4.78, 5) is 24.9. The molecule has 1 aromatic heterocycles. The van der Waals surface area contributed by atoms with Gasteiger partial charge in [0.2, 0.25) is 0 Å². The molecule has 0 spiro atoms. The summed E-state index contributed by atoms with van der Waals surface area (Å²) in [5, 5.41) is 22.7. The molecule has 110 valence electrons. The molecule has 21 heavy (non-hydrogen) atoms. The number of imidazole rings is 1. The Bertz CT molecular complexity index is 681. The zero-order valence-electron chi connectivity index (χ0n) is 11.3. The fraction of sp³-hybridized carbons (Fsp3) is 0.231. The minimum Gasteiger partial charge on any atom is -0.476 e. The van der Waals surface area contributed by atoms with Crippen LogP contribution in [0.4, 0.5) is 11.4 Å². The first-order valence-electron chi connectivity index (χ1n) is 6.22. The zero-order valence-corrected chi connectivity index (χ0v) is 11.3. The molecule has 8 heteroatoms. The van der Waals surface area contributed by atoms with Gasteiger partial charge in [-0.2, -0.15) is 0 Å². The molecule has 0 unspecified atom stereocenters. The number of carbonyl (C=O) groups is 1. The summed E-state index contributed by atoms with van der Waals surface area (Å²) in [6.45, 7) is 2.68. The van der Waals surface area contributed by atoms with E-state index in [9.17, 15) is 14.9 Å². The van der Waals surface area contributed by atoms with Crippen molar-refractivity contribution in [3.8, 4) is 0 Å². The molecule has 0 fully saturated rings. The molecular weight excluding hydrogens is 276 g/mol. The van der Waals surface area contributed by atoms with Gasteiger partial charge in [0.05, 0.1) is 11.3 Å². The second kappa shape index (κ2) is 6.04. The van der Waals surface area contributed by atoms with Gasteiger partial charge in [-0.3, -0.25) is 10.1 Å². The van der Waals surface area contributed by atoms with Gasteiger partial charge >= 0.3 is 5.97 Å². The summed E-state index contributed by atoms with van der Waals surface area (Å²) in [6, 6.07) is 4.83. The highest BCUT2D eigenvalue weighted by Gasteiger charge is 2.12. The van der Waals surface area contributed by atoms with Crippen molar-refractivity contribution in [2.75, 3.05) is 11.9 Å². The number of nitro groups is 1. The summed E-state index contributed by atoms with van der Waals surface area (Å²) >= 11 is 0. The van der Waals surface area contributed by atoms with Gasteiger partial charge in [-0.05, 0) is 13.0 Å². The highest BCUT2D eigenvalue weighted by Crippen LogP contribution is 2.24. The topological polar surface area (TPSA) is 110 Å². The predicted octanol–water partition coefficient (Wildman–Crippen LogP) is 1.91. The van der Waals surface area contributed by atoms with Gasteiger partial charge in [0, 0.05) is 36.6 Å². The Kier molecular flexibility index (Phi) is 4.17. The monoisotopic (exact) mass is 290 g/mol. The van der Waals surface area contributed by atoms with Crippen molar-refractivity contribution in [1.29, 1.82) is 0 Å². The van der Waals surface area contributed by atoms with Crippen LogP contribution < -0.4 is 5.32 Å². The van der Waals surface area contributed by atoms with Crippen molar-refractivity contribution < 1.29 is 14.8 Å². The first-order chi connectivity index (χ1) is 9.99. The highest BCUT2D eigenvalue weighted by molar-refractivity contribution is 5.84. The molecular formula is C13H14N4O4. The van der Waals surface area contributed by atoms with Gasteiger partial charge in [0.15, 0.2) is 5.69 Å². The minimum atomic E-state index is -1.07. The third-order valence-corrected chi connectivity index (χ3v) is 3.04. The first kappa shape index (κ1) is 14.5. The number of nitrogens with zero attached hydrogens (tertiary/aromatic N) is 3. The van der Waals surface area contributed by atoms with Gasteiger partial charge in [0.25, 0.3) is 5.69 Å². The number of nitro benzene ring substituents is 1. The molecule has 0 aliphatic carbocycles. The number of hydrogen-bond donors (Lipinski definition) is 2. The Morgan fingerprint density at radius 3 is 2.90 bits per heavy atom. The van der Waals surface area contributed by atoms with Crippen LogP contribution in [0.1, 0.15) is 16.1 Å². The van der Waals surface area contributed by atoms with Gasteiger partial charge in [-0.15, -0.1) is 0 Å². The van der Waals surface area contributed by atoms with Gasteiger partial charge in [-0.25, -0.2) is 9.78 Å². The number of aromatic nitrogens is 2. The molecule has 1 aromatic carbocycles. The van der Waals surface area contributed by atoms with E-state index in [1.54, 1.807) is 23.6 Å². The van der Waals surface area contributed by atoms with E-state index in [-0.39, 0.29) is 11.4 Å². The maximum Gasteiger partial charge on any atom is 0.356 e. The van der Waals surface area contributed by atoms with Crippen LogP contribution in [0.5, 0.6) is 0 Å². The summed E-state index contributed by atoms with van der Waals surface area (Å²) in [7, 11) is 0. The third kappa shape index (κ3) is 3.35. The Balaban J connectivity index is 1.98. The molecule has 0 atom stereocenters. The number of aromatic carboxylic acids is 1. The Morgan fingerprint density at radius 2 is 2.29 bits per heavy atom. The Morgan fingerprint density at radius 1 is 1.52 bits per heavy atom. The molecule has 0 radical (unpaired) electrons. The number of rotatable bonds is 6. The quantitative estimate of drug-likeness (QED) is 0.621. The first-order valence-corrected chi connectivity index (χ1v) is 6.22. The van der Waals surface area contributed by atoms with E-state index >= 15 is 0 Å². The largest absolute Gasteiger partial charge is 0.476 e. The van der Waals surface area contributed by atoms with Crippen molar-refractivity contribution >= 4 is 17.3 Å². The van der Waals surface area contributed by atoms with Crippen LogP contribution in [0.25, 0.3) is 0 Å². The average molecular weight is 290 g/mol. The Hall–Kier alpha value is -2.90. The maximum atomic E-state index is 10.8. The number of carboxylic acid groups (broad SMARTS) is 1. The number of nitrogens with one attached hydrogen (secondary N) is 1. The number of carboxylic acids is 1. The average Bonchev–Trinajstić information content (AvgIpc) is 2.89. The van der Waals surface area contributed by atoms with Crippen LogP contribution in [0.3, 0.4) is 0 Å². The molecule has 0 aliphatic rings. The molecule has 0 aliphatic heterocycles. The molecule has 2 rings (SSSR count). The Labute approximate surface area is 120 Å². The molecule has 0 saturated heterocycles. The van der Waals surface area contributed by atoms with Crippen molar-refractivity contribution in [1.82, 2.24) is 9.55 Å². The van der Waals surface area contributed by atoms with E-state index < -0.39 is 10.9 Å². The van der Waals surface area contributed by atoms with Crippen molar-refractivity contribution in [2.45, 2.75) is 13.5 Å². The summed E-state index contributed by atoms with van der Waals surface area (Å²) < 4.78 is 1.64. The fourth-order valence-corrected chi connectivity index (χ4v) is 1.93. The van der Waals surface area contributed by atoms with Gasteiger partial charge in [0.1, 0.15) is 0 Å². The van der Waals surface area contributed by atoms with Gasteiger partial charge < -0.3 is 15.0 Å². The smallest absolute Gasteiger partial charge is 0.356 e. The molecule has 2 N–H and O–H groups in total. The number of anilines is 1. The predicted molar refractivity (Wildman–Crippen MR) is 75.5 cm³/mol. The second-order valence-electron chi connectivity index (χ2n) is 4.44. The molecule has 0 saturated carbocycles. The zero-order chi connectivity index (χ0) is 15.4. The lowest BCUT2D eigenvalue weighted by Crippen LogP contribution is -2.10. The van der Waals surface area contributed by atoms with Crippen LogP contribution >= 0.6 is 0 Å². The molecule has 8 nitrogen and oxygen atoms in total. The standard InChI is InChI=1S/C13H14N4O4/c1-9-10(3-2-4-12(9)17(20)21)14-5-6-16-7-11(13(18)19)15-8-16/h2-4,7-8,14H,5-6H2,1H3,(H,18,19). The van der Waals surface area contributed by atoms with Crippen molar-refractivity contribution in [3.63, 3.8) is 0 Å². The van der Waals surface area contributed by atoms with Crippen LogP contribution in [0, 0.1) is 17.0 Å². The summed E-state index contributed by atoms with van der Waals surface area (Å²) in [5.74, 6) is -1.07. The second-order valence-corrected chi connectivity index (χ2v) is 4.44. The normalized spacial score (nSPS) is 10.3. The van der Waals surface area contributed by atoms with E-state index in [1.807, 2.05) is 0 Å². The molecule has 0 amide bonds. The van der Waals surface area contributed by atoms with Crippen LogP contribution in [0.2, 0.25) is 0 Å². The molecule has 1 heterocycles. The van der Waals surface area contributed by atoms with E-state index in [0.29, 0.717) is 24.3 Å². The van der Waals surface area contributed by atoms with E-state index in [0.717, 1.165) is 0 Å². The SMILES string of the molecule is Cc1c(NCCn2cnc(C(=O)O)c2)cccc1[N+](=O)[O-]. The van der Waals surface area contributed by atoms with Crippen LogP contribution in [-0.4, -0.2) is 32.1 Å². The fourth-order valence-electron chi connectivity index (χ4n) is 1.93. The highest BCUT2D eigenvalue weighted by atomic mass is 16.6.